The van der Waals surface area contributed by atoms with Gasteiger partial charge in [-0.1, -0.05) is 44.6 Å². The fourth-order valence-electron chi connectivity index (χ4n) is 2.36. The van der Waals surface area contributed by atoms with Crippen LogP contribution in [0.15, 0.2) is 29.2 Å². The highest BCUT2D eigenvalue weighted by molar-refractivity contribution is 7.99. The molecule has 0 aromatic heterocycles. The molecule has 2 N–H and O–H groups in total. The number of benzene rings is 1. The molecule has 1 rings (SSSR count). The lowest BCUT2D eigenvalue weighted by atomic mass is 9.93. The molecule has 26 heavy (non-hydrogen) atoms. The molecule has 1 aromatic carbocycles. The Morgan fingerprint density at radius 2 is 1.88 bits per heavy atom. The van der Waals surface area contributed by atoms with Crippen LogP contribution in [0.2, 0.25) is 0 Å². The third-order valence-corrected chi connectivity index (χ3v) is 4.51. The number of hydrogen-bond donors (Lipinski definition) is 2. The zero-order chi connectivity index (χ0) is 19.6. The first-order valence-electron chi connectivity index (χ1n) is 8.53. The lowest BCUT2D eigenvalue weighted by Gasteiger charge is -2.20. The third-order valence-electron chi connectivity index (χ3n) is 3.51. The van der Waals surface area contributed by atoms with Gasteiger partial charge in [0, 0.05) is 22.8 Å². The summed E-state index contributed by atoms with van der Waals surface area (Å²) in [5, 5.41) is 12.4. The average Bonchev–Trinajstić information content (AvgIpc) is 2.57. The summed E-state index contributed by atoms with van der Waals surface area (Å²) in [7, 11) is 0. The number of amides is 1. The van der Waals surface area contributed by atoms with Crippen molar-refractivity contribution in [3.8, 4) is 11.8 Å². The maximum atomic E-state index is 12.1. The normalized spacial score (nSPS) is 11.6. The van der Waals surface area contributed by atoms with Crippen molar-refractivity contribution in [3.05, 3.63) is 29.8 Å². The first kappa shape index (κ1) is 22.4. The van der Waals surface area contributed by atoms with Gasteiger partial charge in [0.1, 0.15) is 5.60 Å². The predicted octanol–water partition coefficient (Wildman–Crippen LogP) is 4.14. The molecule has 0 aliphatic carbocycles. The highest BCUT2D eigenvalue weighted by Crippen LogP contribution is 2.21. The second-order valence-electron chi connectivity index (χ2n) is 5.91. The van der Waals surface area contributed by atoms with Crippen LogP contribution in [0.25, 0.3) is 0 Å². The number of aliphatic hydroxyl groups is 1. The SMILES string of the molecule is CCCC(O)(C#Cc1cccc(SCCNC(=O)C(F)(F)F)c1)CCC. The quantitative estimate of drug-likeness (QED) is 0.400. The molecule has 0 saturated heterocycles. The van der Waals surface area contributed by atoms with Crippen LogP contribution in [0.5, 0.6) is 0 Å². The van der Waals surface area contributed by atoms with Crippen molar-refractivity contribution in [1.82, 2.24) is 5.32 Å². The molecule has 0 unspecified atom stereocenters. The van der Waals surface area contributed by atoms with Gasteiger partial charge in [0.25, 0.3) is 0 Å². The minimum atomic E-state index is -4.85. The third kappa shape index (κ3) is 8.15. The van der Waals surface area contributed by atoms with Crippen molar-refractivity contribution in [1.29, 1.82) is 0 Å². The molecule has 3 nitrogen and oxygen atoms in total. The van der Waals surface area contributed by atoms with Crippen molar-refractivity contribution in [2.45, 2.75) is 56.2 Å². The molecular weight excluding hydrogens is 363 g/mol. The fourth-order valence-corrected chi connectivity index (χ4v) is 3.19. The summed E-state index contributed by atoms with van der Waals surface area (Å²) in [5.41, 5.74) is -0.255. The van der Waals surface area contributed by atoms with Crippen LogP contribution in [0, 0.1) is 11.8 Å². The van der Waals surface area contributed by atoms with Crippen molar-refractivity contribution < 1.29 is 23.1 Å². The molecule has 0 fully saturated rings. The van der Waals surface area contributed by atoms with Crippen molar-refractivity contribution in [3.63, 3.8) is 0 Å². The molecule has 1 aromatic rings. The molecule has 0 heterocycles. The Kier molecular flexibility index (Phi) is 9.03. The number of alkyl halides is 3. The summed E-state index contributed by atoms with van der Waals surface area (Å²) in [6.45, 7) is 3.92. The molecule has 0 aliphatic heterocycles. The first-order chi connectivity index (χ1) is 12.2. The molecule has 0 saturated carbocycles. The summed E-state index contributed by atoms with van der Waals surface area (Å²) < 4.78 is 36.3. The number of carbonyl (C=O) groups is 1. The molecular formula is C19H24F3NO2S. The van der Waals surface area contributed by atoms with E-state index in [2.05, 4.69) is 11.8 Å². The fraction of sp³-hybridized carbons (Fsp3) is 0.526. The van der Waals surface area contributed by atoms with E-state index < -0.39 is 17.7 Å². The number of rotatable bonds is 8. The highest BCUT2D eigenvalue weighted by Gasteiger charge is 2.38. The standard InChI is InChI=1S/C19H24F3NO2S/c1-3-9-18(25,10-4-2)11-8-15-6-5-7-16(14-15)26-13-12-23-17(24)19(20,21)22/h5-7,14,25H,3-4,9-10,12-13H2,1-2H3,(H,23,24). The molecule has 0 bridgehead atoms. The molecule has 0 aliphatic rings. The van der Waals surface area contributed by atoms with E-state index in [0.29, 0.717) is 18.6 Å². The van der Waals surface area contributed by atoms with Crippen LogP contribution in [0.4, 0.5) is 13.2 Å². The monoisotopic (exact) mass is 387 g/mol. The summed E-state index contributed by atoms with van der Waals surface area (Å²) in [5.74, 6) is 4.33. The number of carbonyl (C=O) groups excluding carboxylic acids is 1. The van der Waals surface area contributed by atoms with Gasteiger partial charge < -0.3 is 10.4 Å². The van der Waals surface area contributed by atoms with Gasteiger partial charge in [-0.15, -0.1) is 11.8 Å². The van der Waals surface area contributed by atoms with Gasteiger partial charge in [0.2, 0.25) is 0 Å². The highest BCUT2D eigenvalue weighted by atomic mass is 32.2. The van der Waals surface area contributed by atoms with E-state index in [9.17, 15) is 23.1 Å². The van der Waals surface area contributed by atoms with Gasteiger partial charge in [-0.25, -0.2) is 0 Å². The van der Waals surface area contributed by atoms with Crippen molar-refractivity contribution >= 4 is 17.7 Å². The molecule has 144 valence electrons. The van der Waals surface area contributed by atoms with Crippen LogP contribution in [0.1, 0.15) is 45.1 Å². The van der Waals surface area contributed by atoms with E-state index in [4.69, 9.17) is 0 Å². The molecule has 7 heteroatoms. The lowest BCUT2D eigenvalue weighted by molar-refractivity contribution is -0.173. The summed E-state index contributed by atoms with van der Waals surface area (Å²) in [6.07, 6.45) is -1.95. The largest absolute Gasteiger partial charge is 0.471 e. The van der Waals surface area contributed by atoms with E-state index in [1.165, 1.54) is 11.8 Å². The maximum Gasteiger partial charge on any atom is 0.471 e. The molecule has 1 amide bonds. The molecule has 0 atom stereocenters. The van der Waals surface area contributed by atoms with Crippen LogP contribution in [0.3, 0.4) is 0 Å². The Labute approximate surface area is 156 Å². The molecule has 0 radical (unpaired) electrons. The second kappa shape index (κ2) is 10.5. The van der Waals surface area contributed by atoms with Gasteiger partial charge in [-0.3, -0.25) is 4.79 Å². The van der Waals surface area contributed by atoms with Gasteiger partial charge in [0.15, 0.2) is 0 Å². The first-order valence-corrected chi connectivity index (χ1v) is 9.52. The van der Waals surface area contributed by atoms with E-state index >= 15 is 0 Å². The zero-order valence-electron chi connectivity index (χ0n) is 14.9. The minimum absolute atomic E-state index is 0.0777. The summed E-state index contributed by atoms with van der Waals surface area (Å²) in [4.78, 5) is 11.6. The van der Waals surface area contributed by atoms with Crippen LogP contribution >= 0.6 is 11.8 Å². The van der Waals surface area contributed by atoms with Crippen LogP contribution in [-0.2, 0) is 4.79 Å². The second-order valence-corrected chi connectivity index (χ2v) is 7.08. The van der Waals surface area contributed by atoms with Crippen LogP contribution in [-0.4, -0.2) is 35.1 Å². The number of halogens is 3. The minimum Gasteiger partial charge on any atom is -0.378 e. The van der Waals surface area contributed by atoms with Gasteiger partial charge in [0.05, 0.1) is 0 Å². The topological polar surface area (TPSA) is 49.3 Å². The van der Waals surface area contributed by atoms with Crippen LogP contribution < -0.4 is 5.32 Å². The van der Waals surface area contributed by atoms with Crippen molar-refractivity contribution in [2.75, 3.05) is 12.3 Å². The summed E-state index contributed by atoms with van der Waals surface area (Å²) in [6, 6.07) is 7.27. The Bertz CT molecular complexity index is 644. The van der Waals surface area contributed by atoms with Gasteiger partial charge >= 0.3 is 12.1 Å². The Morgan fingerprint density at radius 1 is 1.23 bits per heavy atom. The Morgan fingerprint density at radius 3 is 2.46 bits per heavy atom. The number of thioether (sulfide) groups is 1. The predicted molar refractivity (Wildman–Crippen MR) is 97.9 cm³/mol. The number of hydrogen-bond acceptors (Lipinski definition) is 3. The van der Waals surface area contributed by atoms with E-state index in [1.807, 2.05) is 37.4 Å². The summed E-state index contributed by atoms with van der Waals surface area (Å²) >= 11 is 1.33. The lowest BCUT2D eigenvalue weighted by Crippen LogP contribution is -2.37. The van der Waals surface area contributed by atoms with E-state index in [-0.39, 0.29) is 6.54 Å². The van der Waals surface area contributed by atoms with Gasteiger partial charge in [-0.05, 0) is 31.0 Å². The molecule has 0 spiro atoms. The Balaban J connectivity index is 2.63. The van der Waals surface area contributed by atoms with E-state index in [0.717, 1.165) is 23.3 Å². The van der Waals surface area contributed by atoms with Gasteiger partial charge in [-0.2, -0.15) is 13.2 Å². The maximum absolute atomic E-state index is 12.1. The number of nitrogens with one attached hydrogen (secondary N) is 1. The van der Waals surface area contributed by atoms with Crippen molar-refractivity contribution in [2.24, 2.45) is 0 Å². The zero-order valence-corrected chi connectivity index (χ0v) is 15.8. The Hall–Kier alpha value is -1.65. The smallest absolute Gasteiger partial charge is 0.378 e. The van der Waals surface area contributed by atoms with E-state index in [1.54, 1.807) is 6.07 Å². The average molecular weight is 387 g/mol.